The molecule has 0 aliphatic carbocycles. The van der Waals surface area contributed by atoms with E-state index in [0.29, 0.717) is 28.7 Å². The molecule has 35 heavy (non-hydrogen) atoms. The Morgan fingerprint density at radius 1 is 1.26 bits per heavy atom. The molecular formula is C26H33ClN6O2. The van der Waals surface area contributed by atoms with Crippen LogP contribution in [0, 0.1) is 13.8 Å². The predicted octanol–water partition coefficient (Wildman–Crippen LogP) is 5.25. The van der Waals surface area contributed by atoms with Gasteiger partial charge in [-0.2, -0.15) is 4.99 Å². The Morgan fingerprint density at radius 3 is 2.57 bits per heavy atom. The molecule has 2 N–H and O–H groups in total. The number of aliphatic imine (C=N–C) groups is 2. The van der Waals surface area contributed by atoms with Crippen molar-refractivity contribution < 1.29 is 9.53 Å². The number of halogens is 1. The van der Waals surface area contributed by atoms with E-state index in [1.807, 2.05) is 38.2 Å². The monoisotopic (exact) mass is 496 g/mol. The second kappa shape index (κ2) is 12.8. The van der Waals surface area contributed by atoms with Crippen LogP contribution < -0.4 is 10.6 Å². The average Bonchev–Trinajstić information content (AvgIpc) is 2.82. The van der Waals surface area contributed by atoms with Crippen LogP contribution in [-0.2, 0) is 9.53 Å². The molecule has 0 fully saturated rings. The van der Waals surface area contributed by atoms with E-state index in [4.69, 9.17) is 27.1 Å². The van der Waals surface area contributed by atoms with Crippen LogP contribution in [0.4, 0.5) is 5.69 Å². The molecule has 1 heterocycles. The third-order valence-electron chi connectivity index (χ3n) is 5.07. The maximum atomic E-state index is 12.2. The summed E-state index contributed by atoms with van der Waals surface area (Å²) in [7, 11) is 1.65. The van der Waals surface area contributed by atoms with Crippen LogP contribution in [0.2, 0.25) is 0 Å². The highest BCUT2D eigenvalue weighted by Crippen LogP contribution is 2.29. The molecule has 0 saturated heterocycles. The lowest BCUT2D eigenvalue weighted by atomic mass is 10.0. The summed E-state index contributed by atoms with van der Waals surface area (Å²) >= 11 is 6.20. The van der Waals surface area contributed by atoms with Crippen LogP contribution in [0.15, 0.2) is 57.1 Å². The Morgan fingerprint density at radius 2 is 1.97 bits per heavy atom. The average molecular weight is 497 g/mol. The van der Waals surface area contributed by atoms with Crippen molar-refractivity contribution in [2.75, 3.05) is 18.6 Å². The Kier molecular flexibility index (Phi) is 10.1. The lowest BCUT2D eigenvalue weighted by molar-refractivity contribution is -0.106. The van der Waals surface area contributed by atoms with Gasteiger partial charge < -0.3 is 10.5 Å². The molecule has 8 nitrogen and oxygen atoms in total. The van der Waals surface area contributed by atoms with Gasteiger partial charge in [0.15, 0.2) is 0 Å². The number of rotatable bonds is 9. The quantitative estimate of drug-likeness (QED) is 0.221. The van der Waals surface area contributed by atoms with Crippen molar-refractivity contribution in [3.8, 4) is 11.3 Å². The number of carbonyl (C=O) groups is 1. The summed E-state index contributed by atoms with van der Waals surface area (Å²) in [5, 5.41) is 0.329. The summed E-state index contributed by atoms with van der Waals surface area (Å²) in [4.78, 5) is 31.1. The zero-order chi connectivity index (χ0) is 26.1. The minimum Gasteiger partial charge on any atom is -0.470 e. The fraction of sp³-hybridized carbons (Fsp3) is 0.346. The van der Waals surface area contributed by atoms with Crippen LogP contribution in [0.3, 0.4) is 0 Å². The molecule has 1 aromatic heterocycles. The molecule has 0 aliphatic rings. The second-order valence-corrected chi connectivity index (χ2v) is 8.89. The van der Waals surface area contributed by atoms with Crippen LogP contribution in [0.25, 0.3) is 11.3 Å². The van der Waals surface area contributed by atoms with E-state index in [-0.39, 0.29) is 18.4 Å². The molecule has 0 bridgehead atoms. The van der Waals surface area contributed by atoms with Crippen LogP contribution in [0.5, 0.6) is 0 Å². The first kappa shape index (κ1) is 27.7. The van der Waals surface area contributed by atoms with Crippen molar-refractivity contribution in [3.05, 3.63) is 64.0 Å². The SMILES string of the molecule is CN=C/C=C(\N)COC(/N=C(/C)N(C=O)c1cc(-c2nc(C(C)C)ncc2C)ccc1C)=C(/C)Cl. The zero-order valence-electron chi connectivity index (χ0n) is 21.3. The number of benzene rings is 1. The fourth-order valence-corrected chi connectivity index (χ4v) is 3.23. The number of hydrogen-bond acceptors (Lipinski definition) is 7. The van der Waals surface area contributed by atoms with E-state index in [1.54, 1.807) is 33.2 Å². The highest BCUT2D eigenvalue weighted by molar-refractivity contribution is 6.29. The molecule has 1 aromatic carbocycles. The maximum Gasteiger partial charge on any atom is 0.230 e. The number of ether oxygens (including phenoxy) is 1. The Balaban J connectivity index is 2.45. The van der Waals surface area contributed by atoms with Gasteiger partial charge in [-0.25, -0.2) is 9.97 Å². The summed E-state index contributed by atoms with van der Waals surface area (Å²) < 4.78 is 5.68. The summed E-state index contributed by atoms with van der Waals surface area (Å²) in [5.74, 6) is 1.51. The molecule has 186 valence electrons. The van der Waals surface area contributed by atoms with Gasteiger partial charge in [0.1, 0.15) is 18.3 Å². The first-order valence-electron chi connectivity index (χ1n) is 11.2. The first-order chi connectivity index (χ1) is 16.6. The summed E-state index contributed by atoms with van der Waals surface area (Å²) in [6.07, 6.45) is 5.73. The Labute approximate surface area is 212 Å². The van der Waals surface area contributed by atoms with Gasteiger partial charge in [0, 0.05) is 36.6 Å². The molecular weight excluding hydrogens is 464 g/mol. The lowest BCUT2D eigenvalue weighted by Gasteiger charge is -2.21. The molecule has 9 heteroatoms. The van der Waals surface area contributed by atoms with Crippen molar-refractivity contribution in [1.29, 1.82) is 0 Å². The number of nitrogens with zero attached hydrogens (tertiary/aromatic N) is 5. The summed E-state index contributed by atoms with van der Waals surface area (Å²) in [6.45, 7) is 11.4. The maximum absolute atomic E-state index is 12.2. The van der Waals surface area contributed by atoms with Crippen molar-refractivity contribution in [3.63, 3.8) is 0 Å². The third kappa shape index (κ3) is 7.48. The van der Waals surface area contributed by atoms with Crippen molar-refractivity contribution in [2.45, 2.75) is 47.5 Å². The number of amidine groups is 1. The van der Waals surface area contributed by atoms with Gasteiger partial charge in [0.25, 0.3) is 0 Å². The van der Waals surface area contributed by atoms with Gasteiger partial charge in [0.2, 0.25) is 12.3 Å². The van der Waals surface area contributed by atoms with Gasteiger partial charge in [-0.15, -0.1) is 0 Å². The Bertz CT molecular complexity index is 1180. The smallest absolute Gasteiger partial charge is 0.230 e. The van der Waals surface area contributed by atoms with Crippen molar-refractivity contribution in [1.82, 2.24) is 9.97 Å². The summed E-state index contributed by atoms with van der Waals surface area (Å²) in [5.41, 5.74) is 10.6. The van der Waals surface area contributed by atoms with E-state index in [2.05, 4.69) is 28.8 Å². The number of carbonyl (C=O) groups excluding carboxylic acids is 1. The molecule has 0 aliphatic heterocycles. The first-order valence-corrected chi connectivity index (χ1v) is 11.6. The largest absolute Gasteiger partial charge is 0.470 e. The van der Waals surface area contributed by atoms with E-state index in [1.165, 1.54) is 4.90 Å². The minimum atomic E-state index is 0.0724. The van der Waals surface area contributed by atoms with Gasteiger partial charge >= 0.3 is 0 Å². The van der Waals surface area contributed by atoms with E-state index >= 15 is 0 Å². The van der Waals surface area contributed by atoms with Gasteiger partial charge in [-0.1, -0.05) is 37.6 Å². The number of hydrogen-bond donors (Lipinski definition) is 1. The Hall–Kier alpha value is -3.52. The molecule has 2 rings (SSSR count). The normalized spacial score (nSPS) is 13.3. The standard InChI is InChI=1S/C26H33ClN6O2/c1-16(2)25-30-13-18(4)24(32-25)21-9-8-17(3)23(12-21)33(15-34)20(6)31-26(19(5)27)35-14-22(28)10-11-29-7/h8-13,15-16H,14,28H2,1-7H3/b22-10-,26-19-,29-11?,31-20-. The van der Waals surface area contributed by atoms with Crippen LogP contribution in [-0.4, -0.2) is 42.1 Å². The van der Waals surface area contributed by atoms with Crippen LogP contribution >= 0.6 is 11.6 Å². The number of aryl methyl sites for hydroxylation is 2. The zero-order valence-corrected chi connectivity index (χ0v) is 22.1. The van der Waals surface area contributed by atoms with E-state index in [0.717, 1.165) is 28.2 Å². The third-order valence-corrected chi connectivity index (χ3v) is 5.24. The predicted molar refractivity (Wildman–Crippen MR) is 144 cm³/mol. The topological polar surface area (TPSA) is 106 Å². The molecule has 0 atom stereocenters. The van der Waals surface area contributed by atoms with Gasteiger partial charge in [-0.3, -0.25) is 14.7 Å². The van der Waals surface area contributed by atoms with Crippen molar-refractivity contribution in [2.24, 2.45) is 15.7 Å². The van der Waals surface area contributed by atoms with Crippen LogP contribution in [0.1, 0.15) is 50.6 Å². The fourth-order valence-electron chi connectivity index (χ4n) is 3.13. The molecule has 1 amide bonds. The molecule has 0 spiro atoms. The number of allylic oxidation sites excluding steroid dienone is 2. The number of amides is 1. The number of anilines is 1. The second-order valence-electron chi connectivity index (χ2n) is 8.33. The highest BCUT2D eigenvalue weighted by atomic mass is 35.5. The number of nitrogens with two attached hydrogens (primary N) is 1. The van der Waals surface area contributed by atoms with E-state index < -0.39 is 0 Å². The highest BCUT2D eigenvalue weighted by Gasteiger charge is 2.17. The van der Waals surface area contributed by atoms with E-state index in [9.17, 15) is 4.79 Å². The minimum absolute atomic E-state index is 0.0724. The summed E-state index contributed by atoms with van der Waals surface area (Å²) in [6, 6.07) is 5.86. The number of aromatic nitrogens is 2. The van der Waals surface area contributed by atoms with Gasteiger partial charge in [0.05, 0.1) is 16.4 Å². The molecule has 0 saturated carbocycles. The van der Waals surface area contributed by atoms with Crippen molar-refractivity contribution >= 4 is 35.7 Å². The van der Waals surface area contributed by atoms with Gasteiger partial charge in [-0.05, 0) is 51.0 Å². The lowest BCUT2D eigenvalue weighted by Crippen LogP contribution is -2.28. The molecule has 2 aromatic rings. The molecule has 0 unspecified atom stereocenters. The molecule has 0 radical (unpaired) electrons.